The highest BCUT2D eigenvalue weighted by molar-refractivity contribution is 5.30. The predicted molar refractivity (Wildman–Crippen MR) is 70.5 cm³/mol. The van der Waals surface area contributed by atoms with Gasteiger partial charge in [0.05, 0.1) is 18.8 Å². The van der Waals surface area contributed by atoms with Gasteiger partial charge in [-0.05, 0) is 24.2 Å². The first-order chi connectivity index (χ1) is 9.63. The van der Waals surface area contributed by atoms with E-state index in [4.69, 9.17) is 4.74 Å². The van der Waals surface area contributed by atoms with Crippen molar-refractivity contribution in [3.05, 3.63) is 53.5 Å². The van der Waals surface area contributed by atoms with Crippen molar-refractivity contribution in [2.45, 2.75) is 13.0 Å². The first-order valence-corrected chi connectivity index (χ1v) is 6.19. The molecule has 1 heterocycles. The lowest BCUT2D eigenvalue weighted by Gasteiger charge is -2.18. The molecule has 0 saturated heterocycles. The number of methoxy groups -OCH3 is 1. The smallest absolute Gasteiger partial charge is 0.216 e. The summed E-state index contributed by atoms with van der Waals surface area (Å²) in [6, 6.07) is 4.61. The summed E-state index contributed by atoms with van der Waals surface area (Å²) in [5, 5.41) is 3.14. The largest absolute Gasteiger partial charge is 0.481 e. The summed E-state index contributed by atoms with van der Waals surface area (Å²) >= 11 is 0. The van der Waals surface area contributed by atoms with E-state index in [1.807, 2.05) is 6.92 Å². The Morgan fingerprint density at radius 3 is 2.45 bits per heavy atom. The number of hydrogen-bond donors (Lipinski definition) is 1. The van der Waals surface area contributed by atoms with Gasteiger partial charge in [0.15, 0.2) is 0 Å². The second-order valence-corrected chi connectivity index (χ2v) is 4.18. The molecule has 4 nitrogen and oxygen atoms in total. The molecule has 20 heavy (non-hydrogen) atoms. The van der Waals surface area contributed by atoms with Gasteiger partial charge < -0.3 is 10.1 Å². The van der Waals surface area contributed by atoms with Crippen LogP contribution in [0.3, 0.4) is 0 Å². The van der Waals surface area contributed by atoms with Crippen LogP contribution in [-0.4, -0.2) is 23.6 Å². The Morgan fingerprint density at radius 2 is 1.85 bits per heavy atom. The zero-order valence-corrected chi connectivity index (χ0v) is 11.2. The normalized spacial score (nSPS) is 12.2. The molecule has 0 amide bonds. The maximum absolute atomic E-state index is 13.4. The first-order valence-electron chi connectivity index (χ1n) is 6.19. The molecule has 1 aromatic heterocycles. The van der Waals surface area contributed by atoms with E-state index in [1.165, 1.54) is 25.6 Å². The lowest BCUT2D eigenvalue weighted by Crippen LogP contribution is -2.23. The molecule has 0 aliphatic heterocycles. The van der Waals surface area contributed by atoms with Crippen LogP contribution in [-0.2, 0) is 0 Å². The minimum absolute atomic E-state index is 0.398. The Bertz CT molecular complexity index is 572. The molecule has 6 heteroatoms. The van der Waals surface area contributed by atoms with Gasteiger partial charge in [0.25, 0.3) is 0 Å². The number of nitrogens with one attached hydrogen (secondary N) is 1. The van der Waals surface area contributed by atoms with E-state index >= 15 is 0 Å². The standard InChI is InChI=1S/C14H15F2N3O/c1-3-17-14(9-4-10(15)6-11(16)5-9)12-7-13(20-2)19-8-18-12/h4-8,14,17H,3H2,1-2H3. The van der Waals surface area contributed by atoms with Crippen LogP contribution in [0.1, 0.15) is 24.2 Å². The van der Waals surface area contributed by atoms with Crippen molar-refractivity contribution in [1.82, 2.24) is 15.3 Å². The van der Waals surface area contributed by atoms with Gasteiger partial charge in [0.2, 0.25) is 5.88 Å². The maximum atomic E-state index is 13.4. The van der Waals surface area contributed by atoms with Crippen LogP contribution in [0.25, 0.3) is 0 Å². The van der Waals surface area contributed by atoms with Gasteiger partial charge in [-0.2, -0.15) is 0 Å². The average Bonchev–Trinajstić information content (AvgIpc) is 2.43. The molecular formula is C14H15F2N3O. The maximum Gasteiger partial charge on any atom is 0.216 e. The van der Waals surface area contributed by atoms with E-state index in [2.05, 4.69) is 15.3 Å². The summed E-state index contributed by atoms with van der Waals surface area (Å²) in [6.45, 7) is 2.52. The second-order valence-electron chi connectivity index (χ2n) is 4.18. The Labute approximate surface area is 115 Å². The van der Waals surface area contributed by atoms with Crippen molar-refractivity contribution in [3.8, 4) is 5.88 Å². The number of rotatable bonds is 5. The quantitative estimate of drug-likeness (QED) is 0.913. The van der Waals surface area contributed by atoms with Crippen molar-refractivity contribution in [2.24, 2.45) is 0 Å². The number of halogens is 2. The fourth-order valence-electron chi connectivity index (χ4n) is 1.96. The fourth-order valence-corrected chi connectivity index (χ4v) is 1.96. The van der Waals surface area contributed by atoms with E-state index in [1.54, 1.807) is 6.07 Å². The van der Waals surface area contributed by atoms with Gasteiger partial charge in [-0.15, -0.1) is 0 Å². The highest BCUT2D eigenvalue weighted by atomic mass is 19.1. The number of benzene rings is 1. The van der Waals surface area contributed by atoms with Crippen molar-refractivity contribution in [3.63, 3.8) is 0 Å². The Balaban J connectivity index is 2.43. The molecule has 106 valence electrons. The van der Waals surface area contributed by atoms with Crippen LogP contribution >= 0.6 is 0 Å². The SMILES string of the molecule is CCNC(c1cc(F)cc(F)c1)c1cc(OC)ncn1. The van der Waals surface area contributed by atoms with Crippen molar-refractivity contribution >= 4 is 0 Å². The minimum atomic E-state index is -0.621. The molecule has 2 rings (SSSR count). The molecule has 1 atom stereocenters. The number of hydrogen-bond acceptors (Lipinski definition) is 4. The molecule has 0 saturated carbocycles. The molecule has 1 unspecified atom stereocenters. The van der Waals surface area contributed by atoms with Crippen molar-refractivity contribution in [2.75, 3.05) is 13.7 Å². The summed E-state index contributed by atoms with van der Waals surface area (Å²) in [7, 11) is 1.50. The highest BCUT2D eigenvalue weighted by Gasteiger charge is 2.17. The van der Waals surface area contributed by atoms with Crippen molar-refractivity contribution in [1.29, 1.82) is 0 Å². The minimum Gasteiger partial charge on any atom is -0.481 e. The lowest BCUT2D eigenvalue weighted by atomic mass is 10.0. The third kappa shape index (κ3) is 3.27. The summed E-state index contributed by atoms with van der Waals surface area (Å²) < 4.78 is 31.8. The Kier molecular flexibility index (Phi) is 4.57. The average molecular weight is 279 g/mol. The van der Waals surface area contributed by atoms with Gasteiger partial charge in [-0.1, -0.05) is 6.92 Å². The second kappa shape index (κ2) is 6.38. The molecule has 0 bridgehead atoms. The van der Waals surface area contributed by atoms with E-state index in [0.717, 1.165) is 6.07 Å². The third-order valence-corrected chi connectivity index (χ3v) is 2.79. The molecule has 0 aliphatic carbocycles. The summed E-state index contributed by atoms with van der Waals surface area (Å²) in [4.78, 5) is 8.06. The van der Waals surface area contributed by atoms with Crippen LogP contribution in [0.4, 0.5) is 8.78 Å². The Hall–Kier alpha value is -2.08. The van der Waals surface area contributed by atoms with Crippen LogP contribution in [0.5, 0.6) is 5.88 Å². The summed E-state index contributed by atoms with van der Waals surface area (Å²) in [6.07, 6.45) is 1.36. The predicted octanol–water partition coefficient (Wildman–Crippen LogP) is 2.46. The van der Waals surface area contributed by atoms with Gasteiger partial charge in [-0.3, -0.25) is 0 Å². The van der Waals surface area contributed by atoms with Crippen LogP contribution < -0.4 is 10.1 Å². The number of nitrogens with zero attached hydrogens (tertiary/aromatic N) is 2. The van der Waals surface area contributed by atoms with E-state index < -0.39 is 17.7 Å². The molecule has 0 spiro atoms. The molecular weight excluding hydrogens is 264 g/mol. The highest BCUT2D eigenvalue weighted by Crippen LogP contribution is 2.23. The van der Waals surface area contributed by atoms with Gasteiger partial charge in [-0.25, -0.2) is 18.7 Å². The van der Waals surface area contributed by atoms with Crippen LogP contribution in [0, 0.1) is 11.6 Å². The van der Waals surface area contributed by atoms with Gasteiger partial charge >= 0.3 is 0 Å². The van der Waals surface area contributed by atoms with Gasteiger partial charge in [0, 0.05) is 12.1 Å². The monoisotopic (exact) mass is 279 g/mol. The van der Waals surface area contributed by atoms with E-state index in [0.29, 0.717) is 23.7 Å². The van der Waals surface area contributed by atoms with E-state index in [-0.39, 0.29) is 0 Å². The summed E-state index contributed by atoms with van der Waals surface area (Å²) in [5.41, 5.74) is 1.05. The molecule has 0 aliphatic rings. The molecule has 2 aromatic rings. The summed E-state index contributed by atoms with van der Waals surface area (Å²) in [5.74, 6) is -0.845. The van der Waals surface area contributed by atoms with Crippen LogP contribution in [0.15, 0.2) is 30.6 Å². The van der Waals surface area contributed by atoms with Crippen LogP contribution in [0.2, 0.25) is 0 Å². The Morgan fingerprint density at radius 1 is 1.15 bits per heavy atom. The number of aromatic nitrogens is 2. The molecule has 0 fully saturated rings. The third-order valence-electron chi connectivity index (χ3n) is 2.79. The van der Waals surface area contributed by atoms with Crippen molar-refractivity contribution < 1.29 is 13.5 Å². The topological polar surface area (TPSA) is 47.0 Å². The zero-order chi connectivity index (χ0) is 14.5. The lowest BCUT2D eigenvalue weighted by molar-refractivity contribution is 0.395. The zero-order valence-electron chi connectivity index (χ0n) is 11.2. The fraction of sp³-hybridized carbons (Fsp3) is 0.286. The number of ether oxygens (including phenoxy) is 1. The van der Waals surface area contributed by atoms with E-state index in [9.17, 15) is 8.78 Å². The first kappa shape index (κ1) is 14.3. The molecule has 1 N–H and O–H groups in total. The molecule has 1 aromatic carbocycles. The molecule has 0 radical (unpaired) electrons. The van der Waals surface area contributed by atoms with Gasteiger partial charge in [0.1, 0.15) is 18.0 Å².